The Balaban J connectivity index is 1.87. The monoisotopic (exact) mass is 380 g/mol. The summed E-state index contributed by atoms with van der Waals surface area (Å²) >= 11 is 1.44. The first-order valence-electron chi connectivity index (χ1n) is 8.64. The molecule has 1 atom stereocenters. The molecular formula is C21H22N3O2S+. The lowest BCUT2D eigenvalue weighted by molar-refractivity contribution is -0.393. The maximum Gasteiger partial charge on any atom is 0.286 e. The first-order chi connectivity index (χ1) is 12.8. The lowest BCUT2D eigenvalue weighted by Gasteiger charge is -2.24. The van der Waals surface area contributed by atoms with E-state index in [9.17, 15) is 9.59 Å². The molecule has 0 saturated heterocycles. The number of aromatic nitrogens is 1. The lowest BCUT2D eigenvalue weighted by atomic mass is 9.79. The molecule has 0 aliphatic rings. The van der Waals surface area contributed by atoms with Crippen LogP contribution < -0.4 is 10.7 Å². The van der Waals surface area contributed by atoms with Crippen LogP contribution in [-0.2, 0) is 0 Å². The van der Waals surface area contributed by atoms with Crippen LogP contribution in [0.15, 0.2) is 53.7 Å². The van der Waals surface area contributed by atoms with Crippen LogP contribution in [0.2, 0.25) is 0 Å². The number of aliphatic imine (C=N–C) groups is 1. The summed E-state index contributed by atoms with van der Waals surface area (Å²) in [5.74, 6) is -0.865. The topological polar surface area (TPSA) is 86.7 Å². The predicted molar refractivity (Wildman–Crippen MR) is 108 cm³/mol. The molecule has 0 radical (unpaired) electrons. The molecule has 5 nitrogen and oxygen atoms in total. The fourth-order valence-corrected chi connectivity index (χ4v) is 3.80. The molecule has 0 spiro atoms. The number of carbonyl (C=O) groups excluding carboxylic acids is 2. The Morgan fingerprint density at radius 3 is 2.52 bits per heavy atom. The van der Waals surface area contributed by atoms with E-state index in [1.54, 1.807) is 18.5 Å². The second kappa shape index (κ2) is 7.40. The molecule has 1 aromatic carbocycles. The first-order valence-corrected chi connectivity index (χ1v) is 9.46. The zero-order chi connectivity index (χ0) is 19.6. The molecule has 2 aromatic heterocycles. The third-order valence-electron chi connectivity index (χ3n) is 4.37. The van der Waals surface area contributed by atoms with Gasteiger partial charge in [0.25, 0.3) is 11.8 Å². The van der Waals surface area contributed by atoms with Crippen LogP contribution in [0.4, 0.5) is 0 Å². The summed E-state index contributed by atoms with van der Waals surface area (Å²) in [6, 6.07) is 13.2. The minimum atomic E-state index is -0.487. The molecule has 1 unspecified atom stereocenters. The van der Waals surface area contributed by atoms with Crippen molar-refractivity contribution >= 4 is 39.5 Å². The number of hydrogen-bond acceptors (Lipinski definition) is 3. The number of pyridine rings is 1. The Labute approximate surface area is 162 Å². The fourth-order valence-electron chi connectivity index (χ4n) is 2.85. The van der Waals surface area contributed by atoms with Crippen molar-refractivity contribution in [3.63, 3.8) is 0 Å². The summed E-state index contributed by atoms with van der Waals surface area (Å²) in [4.78, 5) is 31.8. The lowest BCUT2D eigenvalue weighted by Crippen LogP contribution is -2.28. The summed E-state index contributed by atoms with van der Waals surface area (Å²) in [6.45, 7) is 6.22. The molecule has 2 amide bonds. The van der Waals surface area contributed by atoms with Crippen LogP contribution in [-0.4, -0.2) is 18.0 Å². The smallest absolute Gasteiger partial charge is 0.286 e. The Morgan fingerprint density at radius 2 is 1.93 bits per heavy atom. The number of H-pyrrole nitrogens is 1. The molecule has 0 aliphatic carbocycles. The number of primary amides is 1. The Morgan fingerprint density at radius 1 is 1.19 bits per heavy atom. The number of amides is 2. The van der Waals surface area contributed by atoms with Crippen molar-refractivity contribution in [2.45, 2.75) is 26.7 Å². The highest BCUT2D eigenvalue weighted by molar-refractivity contribution is 7.20. The third-order valence-corrected chi connectivity index (χ3v) is 5.47. The number of benzene rings is 1. The first kappa shape index (κ1) is 18.9. The quantitative estimate of drug-likeness (QED) is 0.697. The number of nitrogens with zero attached hydrogens (tertiary/aromatic N) is 1. The number of hydrogen-bond donors (Lipinski definition) is 1. The van der Waals surface area contributed by atoms with E-state index in [-0.39, 0.29) is 17.2 Å². The molecular weight excluding hydrogens is 358 g/mol. The van der Waals surface area contributed by atoms with Gasteiger partial charge in [-0.05, 0) is 29.0 Å². The van der Waals surface area contributed by atoms with Gasteiger partial charge in [-0.15, -0.1) is 11.3 Å². The maximum atomic E-state index is 12.6. The highest BCUT2D eigenvalue weighted by Crippen LogP contribution is 2.32. The van der Waals surface area contributed by atoms with E-state index in [1.807, 2.05) is 36.4 Å². The van der Waals surface area contributed by atoms with E-state index in [0.29, 0.717) is 10.4 Å². The third kappa shape index (κ3) is 4.28. The molecule has 3 N–H and O–H groups in total. The van der Waals surface area contributed by atoms with Gasteiger partial charge < -0.3 is 5.73 Å². The van der Waals surface area contributed by atoms with Gasteiger partial charge in [0.2, 0.25) is 0 Å². The van der Waals surface area contributed by atoms with E-state index in [4.69, 9.17) is 5.73 Å². The summed E-state index contributed by atoms with van der Waals surface area (Å²) < 4.78 is 1.07. The van der Waals surface area contributed by atoms with Crippen LogP contribution in [0, 0.1) is 5.41 Å². The van der Waals surface area contributed by atoms with Crippen molar-refractivity contribution in [1.82, 2.24) is 0 Å². The van der Waals surface area contributed by atoms with Crippen molar-refractivity contribution in [2.24, 2.45) is 16.1 Å². The standard InChI is InChI=1S/C21H21N3O2S/c1-21(2,3)15(16-9-8-14(11-23-16)19(22)25)12-24-20(26)18-10-13-6-4-5-7-17(13)27-18/h4-12,15H,1-3H3,(H2,22,25)/p+1. The molecule has 0 saturated carbocycles. The largest absolute Gasteiger partial charge is 0.365 e. The summed E-state index contributed by atoms with van der Waals surface area (Å²) in [7, 11) is 0. The van der Waals surface area contributed by atoms with Gasteiger partial charge in [-0.2, -0.15) is 0 Å². The van der Waals surface area contributed by atoms with E-state index in [0.717, 1.165) is 15.8 Å². The molecule has 0 fully saturated rings. The van der Waals surface area contributed by atoms with E-state index in [2.05, 4.69) is 30.7 Å². The Bertz CT molecular complexity index is 981. The van der Waals surface area contributed by atoms with Crippen molar-refractivity contribution in [1.29, 1.82) is 0 Å². The second-order valence-electron chi connectivity index (χ2n) is 7.47. The van der Waals surface area contributed by atoms with Crippen molar-refractivity contribution < 1.29 is 14.6 Å². The van der Waals surface area contributed by atoms with Gasteiger partial charge in [-0.25, -0.2) is 9.98 Å². The number of rotatable bonds is 4. The number of fused-ring (bicyclic) bond motifs is 1. The molecule has 6 heteroatoms. The number of carbonyl (C=O) groups is 2. The van der Waals surface area contributed by atoms with Crippen LogP contribution in [0.5, 0.6) is 0 Å². The Kier molecular flexibility index (Phi) is 5.19. The average molecular weight is 380 g/mol. The molecule has 0 aliphatic heterocycles. The van der Waals surface area contributed by atoms with Crippen LogP contribution in [0.25, 0.3) is 10.1 Å². The van der Waals surface area contributed by atoms with Gasteiger partial charge in [-0.3, -0.25) is 9.59 Å². The molecule has 2 heterocycles. The summed E-state index contributed by atoms with van der Waals surface area (Å²) in [6.07, 6.45) is 3.26. The van der Waals surface area contributed by atoms with Gasteiger partial charge in [0.1, 0.15) is 5.56 Å². The highest BCUT2D eigenvalue weighted by Gasteiger charge is 2.30. The van der Waals surface area contributed by atoms with Crippen LogP contribution in [0.3, 0.4) is 0 Å². The molecule has 3 aromatic rings. The molecule has 3 rings (SSSR count). The zero-order valence-corrected chi connectivity index (χ0v) is 16.3. The van der Waals surface area contributed by atoms with E-state index < -0.39 is 5.91 Å². The van der Waals surface area contributed by atoms with Crippen molar-refractivity contribution in [2.75, 3.05) is 0 Å². The zero-order valence-electron chi connectivity index (χ0n) is 15.5. The van der Waals surface area contributed by atoms with E-state index in [1.165, 1.54) is 11.3 Å². The Hall–Kier alpha value is -2.86. The highest BCUT2D eigenvalue weighted by atomic mass is 32.1. The normalized spacial score (nSPS) is 13.1. The summed E-state index contributed by atoms with van der Waals surface area (Å²) in [5.41, 5.74) is 6.39. The number of aromatic amines is 1. The number of nitrogens with one attached hydrogen (secondary N) is 1. The molecule has 27 heavy (non-hydrogen) atoms. The van der Waals surface area contributed by atoms with Gasteiger partial charge in [0, 0.05) is 17.0 Å². The SMILES string of the molecule is CC(C)(C)C(C=NC(=O)c1cc2ccccc2s1)c1ccc(C(N)=O)c[nH+]1. The molecule has 138 valence electrons. The van der Waals surface area contributed by atoms with E-state index >= 15 is 0 Å². The van der Waals surface area contributed by atoms with Crippen molar-refractivity contribution in [3.8, 4) is 0 Å². The second-order valence-corrected chi connectivity index (χ2v) is 8.56. The van der Waals surface area contributed by atoms with Crippen LogP contribution >= 0.6 is 11.3 Å². The minimum Gasteiger partial charge on any atom is -0.365 e. The van der Waals surface area contributed by atoms with Gasteiger partial charge >= 0.3 is 0 Å². The van der Waals surface area contributed by atoms with Gasteiger partial charge in [-0.1, -0.05) is 39.0 Å². The maximum absolute atomic E-state index is 12.6. The molecule has 0 bridgehead atoms. The predicted octanol–water partition coefficient (Wildman–Crippen LogP) is 3.86. The van der Waals surface area contributed by atoms with Gasteiger partial charge in [0.05, 0.1) is 10.8 Å². The fraction of sp³-hybridized carbons (Fsp3) is 0.238. The van der Waals surface area contributed by atoms with Gasteiger partial charge in [0.15, 0.2) is 11.9 Å². The number of nitrogens with two attached hydrogens (primary N) is 1. The average Bonchev–Trinajstić information content (AvgIpc) is 3.05. The summed E-state index contributed by atoms with van der Waals surface area (Å²) in [5, 5.41) is 1.05. The van der Waals surface area contributed by atoms with Crippen molar-refractivity contribution in [3.05, 3.63) is 64.8 Å². The van der Waals surface area contributed by atoms with Crippen LogP contribution in [0.1, 0.15) is 52.4 Å². The number of thiophene rings is 1. The minimum absolute atomic E-state index is 0.127.